The smallest absolute Gasteiger partial charge is 0.306 e. The molecule has 0 aromatic heterocycles. The number of unbranched alkanes of at least 4 members (excludes halogenated alkanes) is 20. The summed E-state index contributed by atoms with van der Waals surface area (Å²) in [6.07, 6.45) is 60.1. The second kappa shape index (κ2) is 47.3. The van der Waals surface area contributed by atoms with Gasteiger partial charge in [-0.25, -0.2) is 0 Å². The zero-order valence-electron chi connectivity index (χ0n) is 38.2. The van der Waals surface area contributed by atoms with Gasteiger partial charge in [-0.15, -0.1) is 0 Å². The van der Waals surface area contributed by atoms with E-state index in [0.29, 0.717) is 19.3 Å². The van der Waals surface area contributed by atoms with E-state index in [4.69, 9.17) is 14.2 Å². The van der Waals surface area contributed by atoms with Gasteiger partial charge in [0, 0.05) is 19.3 Å². The quantitative estimate of drug-likeness (QED) is 0.0201. The molecule has 0 aliphatic rings. The van der Waals surface area contributed by atoms with Crippen LogP contribution in [0.4, 0.5) is 0 Å². The van der Waals surface area contributed by atoms with Crippen molar-refractivity contribution in [1.82, 2.24) is 0 Å². The SMILES string of the molecule is CC\C=C/C=C\C=C/CCCCCCCC(=O)OC(COC(=O)CCCC/C=C\C/C=C\CC)COC(=O)CCCCCCCCCCCC/C=C\C=C/CCCCC. The van der Waals surface area contributed by atoms with Crippen molar-refractivity contribution < 1.29 is 28.6 Å². The monoisotopic (exact) mass is 821 g/mol. The van der Waals surface area contributed by atoms with Crippen molar-refractivity contribution in [2.75, 3.05) is 13.2 Å². The summed E-state index contributed by atoms with van der Waals surface area (Å²) in [6, 6.07) is 0. The molecule has 336 valence electrons. The molecule has 1 atom stereocenters. The third-order valence-corrected chi connectivity index (χ3v) is 9.95. The van der Waals surface area contributed by atoms with Crippen LogP contribution in [0.3, 0.4) is 0 Å². The largest absolute Gasteiger partial charge is 0.462 e. The summed E-state index contributed by atoms with van der Waals surface area (Å²) in [5.41, 5.74) is 0. The summed E-state index contributed by atoms with van der Waals surface area (Å²) in [5.74, 6) is -0.966. The summed E-state index contributed by atoms with van der Waals surface area (Å²) in [6.45, 7) is 6.29. The number of hydrogen-bond acceptors (Lipinski definition) is 6. The van der Waals surface area contributed by atoms with Gasteiger partial charge >= 0.3 is 17.9 Å². The Bertz CT molecular complexity index is 1170. The molecule has 0 heterocycles. The maximum absolute atomic E-state index is 12.7. The predicted octanol–water partition coefficient (Wildman–Crippen LogP) is 15.6. The number of hydrogen-bond donors (Lipinski definition) is 0. The van der Waals surface area contributed by atoms with Gasteiger partial charge in [-0.2, -0.15) is 0 Å². The second-order valence-electron chi connectivity index (χ2n) is 15.7. The molecule has 0 saturated carbocycles. The van der Waals surface area contributed by atoms with Gasteiger partial charge in [0.25, 0.3) is 0 Å². The van der Waals surface area contributed by atoms with Crippen molar-refractivity contribution in [3.05, 3.63) is 85.1 Å². The van der Waals surface area contributed by atoms with Crippen LogP contribution in [-0.2, 0) is 28.6 Å². The lowest BCUT2D eigenvalue weighted by atomic mass is 10.1. The first kappa shape index (κ1) is 55.6. The average molecular weight is 821 g/mol. The zero-order valence-corrected chi connectivity index (χ0v) is 38.2. The van der Waals surface area contributed by atoms with Crippen LogP contribution in [0.15, 0.2) is 85.1 Å². The lowest BCUT2D eigenvalue weighted by Gasteiger charge is -2.18. The van der Waals surface area contributed by atoms with Crippen LogP contribution < -0.4 is 0 Å². The number of allylic oxidation sites excluding steroid dienone is 14. The topological polar surface area (TPSA) is 78.9 Å². The number of esters is 3. The van der Waals surface area contributed by atoms with Crippen molar-refractivity contribution in [3.63, 3.8) is 0 Å². The molecule has 0 rings (SSSR count). The van der Waals surface area contributed by atoms with E-state index in [2.05, 4.69) is 99.8 Å². The number of rotatable bonds is 42. The lowest BCUT2D eigenvalue weighted by Crippen LogP contribution is -2.30. The van der Waals surface area contributed by atoms with E-state index in [0.717, 1.165) is 96.3 Å². The Morgan fingerprint density at radius 3 is 1.25 bits per heavy atom. The summed E-state index contributed by atoms with van der Waals surface area (Å²) >= 11 is 0. The minimum atomic E-state index is -0.800. The minimum absolute atomic E-state index is 0.0980. The molecule has 0 spiro atoms. The Morgan fingerprint density at radius 2 is 0.746 bits per heavy atom. The highest BCUT2D eigenvalue weighted by molar-refractivity contribution is 5.71. The second-order valence-corrected chi connectivity index (χ2v) is 15.7. The molecule has 0 fully saturated rings. The molecule has 6 heteroatoms. The van der Waals surface area contributed by atoms with Crippen molar-refractivity contribution in [3.8, 4) is 0 Å². The Balaban J connectivity index is 4.35. The lowest BCUT2D eigenvalue weighted by molar-refractivity contribution is -0.167. The molecular weight excluding hydrogens is 733 g/mol. The highest BCUT2D eigenvalue weighted by Crippen LogP contribution is 2.14. The fourth-order valence-corrected chi connectivity index (χ4v) is 6.35. The van der Waals surface area contributed by atoms with E-state index in [1.807, 2.05) is 6.08 Å². The number of carbonyl (C=O) groups excluding carboxylic acids is 3. The van der Waals surface area contributed by atoms with Crippen LogP contribution in [0.2, 0.25) is 0 Å². The van der Waals surface area contributed by atoms with Crippen molar-refractivity contribution in [2.24, 2.45) is 0 Å². The molecule has 0 aliphatic heterocycles. The maximum Gasteiger partial charge on any atom is 0.306 e. The molecular formula is C53H88O6. The summed E-state index contributed by atoms with van der Waals surface area (Å²) in [5, 5.41) is 0. The minimum Gasteiger partial charge on any atom is -0.462 e. The molecule has 0 aromatic carbocycles. The average Bonchev–Trinajstić information content (AvgIpc) is 3.23. The molecule has 0 aromatic rings. The molecule has 0 aliphatic carbocycles. The molecule has 0 radical (unpaired) electrons. The van der Waals surface area contributed by atoms with E-state index in [1.54, 1.807) is 0 Å². The molecule has 6 nitrogen and oxygen atoms in total. The van der Waals surface area contributed by atoms with E-state index < -0.39 is 6.10 Å². The summed E-state index contributed by atoms with van der Waals surface area (Å²) in [4.78, 5) is 37.8. The van der Waals surface area contributed by atoms with Gasteiger partial charge in [0.15, 0.2) is 6.10 Å². The van der Waals surface area contributed by atoms with Crippen LogP contribution >= 0.6 is 0 Å². The fraction of sp³-hybridized carbons (Fsp3) is 0.679. The molecule has 0 saturated heterocycles. The van der Waals surface area contributed by atoms with Gasteiger partial charge in [0.1, 0.15) is 13.2 Å². The van der Waals surface area contributed by atoms with E-state index in [-0.39, 0.29) is 31.1 Å². The molecule has 0 amide bonds. The Kier molecular flexibility index (Phi) is 44.5. The van der Waals surface area contributed by atoms with Crippen LogP contribution in [-0.4, -0.2) is 37.2 Å². The van der Waals surface area contributed by atoms with Crippen LogP contribution in [0, 0.1) is 0 Å². The number of ether oxygens (including phenoxy) is 3. The first-order valence-electron chi connectivity index (χ1n) is 24.1. The third-order valence-electron chi connectivity index (χ3n) is 9.95. The van der Waals surface area contributed by atoms with Crippen LogP contribution in [0.25, 0.3) is 0 Å². The van der Waals surface area contributed by atoms with E-state index in [1.165, 1.54) is 77.0 Å². The van der Waals surface area contributed by atoms with Crippen LogP contribution in [0.5, 0.6) is 0 Å². The first-order valence-corrected chi connectivity index (χ1v) is 24.1. The highest BCUT2D eigenvalue weighted by atomic mass is 16.6. The standard InChI is InChI=1S/C53H88O6/c1-4-7-10-13-16-19-21-23-24-25-26-27-28-30-31-34-37-40-43-46-52(55)58-49-50(48-57-51(54)45-42-39-36-33-18-15-12-9-6-3)59-53(56)47-44-41-38-35-32-29-22-20-17-14-11-8-5-2/h8-9,11-12,14,16-23,33,50H,4-7,10,13,15,24-32,34-49H2,1-3H3/b11-8-,12-9-,17-14-,19-16-,22-20-,23-21-,33-18-. The molecule has 0 N–H and O–H groups in total. The van der Waals surface area contributed by atoms with Gasteiger partial charge in [0.05, 0.1) is 0 Å². The predicted molar refractivity (Wildman–Crippen MR) is 251 cm³/mol. The normalized spacial score (nSPS) is 12.8. The van der Waals surface area contributed by atoms with Gasteiger partial charge in [-0.05, 0) is 89.9 Å². The van der Waals surface area contributed by atoms with Gasteiger partial charge in [-0.1, -0.05) is 189 Å². The van der Waals surface area contributed by atoms with Crippen molar-refractivity contribution in [1.29, 1.82) is 0 Å². The summed E-state index contributed by atoms with van der Waals surface area (Å²) in [7, 11) is 0. The Hall–Kier alpha value is -3.41. The van der Waals surface area contributed by atoms with Gasteiger partial charge in [-0.3, -0.25) is 14.4 Å². The van der Waals surface area contributed by atoms with Gasteiger partial charge < -0.3 is 14.2 Å². The molecule has 59 heavy (non-hydrogen) atoms. The highest BCUT2D eigenvalue weighted by Gasteiger charge is 2.19. The van der Waals surface area contributed by atoms with E-state index in [9.17, 15) is 14.4 Å². The first-order chi connectivity index (χ1) is 29.0. The zero-order chi connectivity index (χ0) is 43.0. The Morgan fingerprint density at radius 1 is 0.373 bits per heavy atom. The van der Waals surface area contributed by atoms with Gasteiger partial charge in [0.2, 0.25) is 0 Å². The maximum atomic E-state index is 12.7. The molecule has 1 unspecified atom stereocenters. The summed E-state index contributed by atoms with van der Waals surface area (Å²) < 4.78 is 16.7. The fourth-order valence-electron chi connectivity index (χ4n) is 6.35. The molecule has 0 bridgehead atoms. The third kappa shape index (κ3) is 45.5. The van der Waals surface area contributed by atoms with Crippen molar-refractivity contribution >= 4 is 17.9 Å². The van der Waals surface area contributed by atoms with Crippen molar-refractivity contribution in [2.45, 2.75) is 219 Å². The Labute approximate surface area is 363 Å². The van der Waals surface area contributed by atoms with E-state index >= 15 is 0 Å². The van der Waals surface area contributed by atoms with Crippen LogP contribution in [0.1, 0.15) is 213 Å². The number of carbonyl (C=O) groups is 3.